The van der Waals surface area contributed by atoms with Crippen molar-refractivity contribution in [1.82, 2.24) is 14.7 Å². The Morgan fingerprint density at radius 2 is 2.32 bits per heavy atom. The van der Waals surface area contributed by atoms with E-state index in [1.54, 1.807) is 4.88 Å². The summed E-state index contributed by atoms with van der Waals surface area (Å²) in [4.78, 5) is 4.10. The van der Waals surface area contributed by atoms with E-state index in [1.807, 2.05) is 30.0 Å². The topological polar surface area (TPSA) is 21.1 Å². The summed E-state index contributed by atoms with van der Waals surface area (Å²) >= 11 is 5.56. The van der Waals surface area contributed by atoms with Crippen LogP contribution in [0, 0.1) is 6.92 Å². The fourth-order valence-corrected chi connectivity index (χ4v) is 4.25. The molecule has 1 atom stereocenters. The van der Waals surface area contributed by atoms with Gasteiger partial charge in [0.15, 0.2) is 0 Å². The lowest BCUT2D eigenvalue weighted by Gasteiger charge is -2.33. The summed E-state index contributed by atoms with van der Waals surface area (Å²) in [7, 11) is 2.03. The second-order valence-corrected chi connectivity index (χ2v) is 6.96. The third-order valence-corrected chi connectivity index (χ3v) is 6.05. The second-order valence-electron chi connectivity index (χ2n) is 5.17. The smallest absolute Gasteiger partial charge is 0.0739 e. The van der Waals surface area contributed by atoms with Crippen molar-refractivity contribution in [2.24, 2.45) is 7.05 Å². The van der Waals surface area contributed by atoms with E-state index in [9.17, 15) is 0 Å². The Morgan fingerprint density at radius 1 is 1.53 bits per heavy atom. The highest BCUT2D eigenvalue weighted by atomic mass is 79.9. The van der Waals surface area contributed by atoms with Crippen molar-refractivity contribution in [3.05, 3.63) is 37.7 Å². The predicted molar refractivity (Wildman–Crippen MR) is 82.5 cm³/mol. The average Bonchev–Trinajstić information content (AvgIpc) is 2.93. The SMILES string of the molecule is Cc1nn(C)c(CN2CCc3sccc3C2C)c1Br. The first-order chi connectivity index (χ1) is 9.08. The van der Waals surface area contributed by atoms with Gasteiger partial charge in [0.25, 0.3) is 0 Å². The number of halogens is 1. The lowest BCUT2D eigenvalue weighted by atomic mass is 10.0. The molecule has 102 valence electrons. The summed E-state index contributed by atoms with van der Waals surface area (Å²) in [6.07, 6.45) is 1.17. The minimum atomic E-state index is 0.497. The van der Waals surface area contributed by atoms with E-state index in [4.69, 9.17) is 0 Å². The Hall–Kier alpha value is -0.650. The molecule has 0 saturated carbocycles. The van der Waals surface area contributed by atoms with Crippen molar-refractivity contribution in [2.45, 2.75) is 32.9 Å². The van der Waals surface area contributed by atoms with Crippen molar-refractivity contribution in [3.63, 3.8) is 0 Å². The third-order valence-electron chi connectivity index (χ3n) is 4.02. The number of thiophene rings is 1. The molecule has 0 amide bonds. The molecule has 0 spiro atoms. The van der Waals surface area contributed by atoms with Crippen LogP contribution in [0.2, 0.25) is 0 Å². The number of hydrogen-bond donors (Lipinski definition) is 0. The first-order valence-electron chi connectivity index (χ1n) is 6.56. The van der Waals surface area contributed by atoms with Gasteiger partial charge in [-0.2, -0.15) is 5.10 Å². The minimum Gasteiger partial charge on any atom is -0.290 e. The molecule has 5 heteroatoms. The fraction of sp³-hybridized carbons (Fsp3) is 0.500. The van der Waals surface area contributed by atoms with Gasteiger partial charge in [-0.1, -0.05) is 0 Å². The third kappa shape index (κ3) is 2.28. The maximum Gasteiger partial charge on any atom is 0.0739 e. The van der Waals surface area contributed by atoms with E-state index in [0.29, 0.717) is 6.04 Å². The van der Waals surface area contributed by atoms with Crippen LogP contribution in [-0.2, 0) is 20.0 Å². The van der Waals surface area contributed by atoms with E-state index in [1.165, 1.54) is 17.7 Å². The first-order valence-corrected chi connectivity index (χ1v) is 8.23. The van der Waals surface area contributed by atoms with E-state index in [2.05, 4.69) is 44.3 Å². The number of hydrogen-bond acceptors (Lipinski definition) is 3. The lowest BCUT2D eigenvalue weighted by molar-refractivity contribution is 0.186. The zero-order valence-electron chi connectivity index (χ0n) is 11.5. The van der Waals surface area contributed by atoms with Crippen LogP contribution in [0.25, 0.3) is 0 Å². The molecule has 0 radical (unpaired) electrons. The molecule has 0 fully saturated rings. The first kappa shape index (κ1) is 13.3. The molecule has 2 aromatic heterocycles. The molecule has 0 aliphatic carbocycles. The van der Waals surface area contributed by atoms with Crippen LogP contribution in [0.5, 0.6) is 0 Å². The van der Waals surface area contributed by atoms with Gasteiger partial charge >= 0.3 is 0 Å². The van der Waals surface area contributed by atoms with Gasteiger partial charge in [0, 0.05) is 31.1 Å². The Kier molecular flexibility index (Phi) is 3.53. The van der Waals surface area contributed by atoms with Gasteiger partial charge in [-0.15, -0.1) is 11.3 Å². The molecule has 0 aromatic carbocycles. The van der Waals surface area contributed by atoms with Gasteiger partial charge in [-0.05, 0) is 53.2 Å². The summed E-state index contributed by atoms with van der Waals surface area (Å²) in [6, 6.07) is 2.78. The van der Waals surface area contributed by atoms with Crippen molar-refractivity contribution >= 4 is 27.3 Å². The summed E-state index contributed by atoms with van der Waals surface area (Å²) in [5.41, 5.74) is 3.84. The molecule has 2 aromatic rings. The van der Waals surface area contributed by atoms with Crippen LogP contribution in [0.3, 0.4) is 0 Å². The highest BCUT2D eigenvalue weighted by molar-refractivity contribution is 9.10. The number of nitrogens with zero attached hydrogens (tertiary/aromatic N) is 3. The van der Waals surface area contributed by atoms with Crippen LogP contribution in [-0.4, -0.2) is 21.2 Å². The number of fused-ring (bicyclic) bond motifs is 1. The predicted octanol–water partition coefficient (Wildman–Crippen LogP) is 3.67. The summed E-state index contributed by atoms with van der Waals surface area (Å²) in [6.45, 7) is 6.44. The van der Waals surface area contributed by atoms with Crippen molar-refractivity contribution in [2.75, 3.05) is 6.54 Å². The van der Waals surface area contributed by atoms with E-state index < -0.39 is 0 Å². The molecule has 3 rings (SSSR count). The maximum atomic E-state index is 4.48. The van der Waals surface area contributed by atoms with E-state index in [-0.39, 0.29) is 0 Å². The van der Waals surface area contributed by atoms with Crippen molar-refractivity contribution in [1.29, 1.82) is 0 Å². The highest BCUT2D eigenvalue weighted by Crippen LogP contribution is 2.34. The number of aryl methyl sites for hydroxylation is 2. The van der Waals surface area contributed by atoms with Gasteiger partial charge in [-0.3, -0.25) is 9.58 Å². The molecule has 0 bridgehead atoms. The molecule has 19 heavy (non-hydrogen) atoms. The van der Waals surface area contributed by atoms with Gasteiger partial charge < -0.3 is 0 Å². The van der Waals surface area contributed by atoms with Crippen molar-refractivity contribution < 1.29 is 0 Å². The normalized spacial score (nSPS) is 19.7. The molecule has 3 heterocycles. The van der Waals surface area contributed by atoms with Gasteiger partial charge in [0.1, 0.15) is 0 Å². The molecular weight excluding hydrogens is 322 g/mol. The molecule has 0 saturated heterocycles. The van der Waals surface area contributed by atoms with Crippen LogP contribution < -0.4 is 0 Å². The quantitative estimate of drug-likeness (QED) is 0.832. The Bertz CT molecular complexity index is 602. The highest BCUT2D eigenvalue weighted by Gasteiger charge is 2.26. The molecule has 1 unspecified atom stereocenters. The Labute approximate surface area is 126 Å². The molecule has 1 aliphatic heterocycles. The monoisotopic (exact) mass is 339 g/mol. The van der Waals surface area contributed by atoms with Gasteiger partial charge in [0.2, 0.25) is 0 Å². The van der Waals surface area contributed by atoms with Crippen LogP contribution >= 0.6 is 27.3 Å². The standard InChI is InChI=1S/C14H18BrN3S/c1-9-14(15)12(17(3)16-9)8-18-6-4-13-11(10(18)2)5-7-19-13/h5,7,10H,4,6,8H2,1-3H3. The Balaban J connectivity index is 1.85. The van der Waals surface area contributed by atoms with Crippen LogP contribution in [0.1, 0.15) is 34.8 Å². The van der Waals surface area contributed by atoms with Gasteiger partial charge in [-0.25, -0.2) is 0 Å². The fourth-order valence-electron chi connectivity index (χ4n) is 2.82. The second kappa shape index (κ2) is 5.04. The molecular formula is C14H18BrN3S. The molecule has 0 N–H and O–H groups in total. The van der Waals surface area contributed by atoms with Gasteiger partial charge in [0.05, 0.1) is 15.9 Å². The van der Waals surface area contributed by atoms with Crippen molar-refractivity contribution in [3.8, 4) is 0 Å². The maximum absolute atomic E-state index is 4.48. The Morgan fingerprint density at radius 3 is 3.00 bits per heavy atom. The lowest BCUT2D eigenvalue weighted by Crippen LogP contribution is -2.33. The number of aromatic nitrogens is 2. The largest absolute Gasteiger partial charge is 0.290 e. The van der Waals surface area contributed by atoms with E-state index in [0.717, 1.165) is 23.3 Å². The minimum absolute atomic E-state index is 0.497. The van der Waals surface area contributed by atoms with E-state index >= 15 is 0 Å². The molecule has 1 aliphatic rings. The average molecular weight is 340 g/mol. The number of rotatable bonds is 2. The summed E-state index contributed by atoms with van der Waals surface area (Å²) in [5, 5.41) is 6.70. The summed E-state index contributed by atoms with van der Waals surface area (Å²) in [5.74, 6) is 0. The zero-order chi connectivity index (χ0) is 13.6. The van der Waals surface area contributed by atoms with Crippen LogP contribution in [0.15, 0.2) is 15.9 Å². The molecule has 3 nitrogen and oxygen atoms in total. The van der Waals surface area contributed by atoms with Crippen LogP contribution in [0.4, 0.5) is 0 Å². The zero-order valence-corrected chi connectivity index (χ0v) is 13.9. The summed E-state index contributed by atoms with van der Waals surface area (Å²) < 4.78 is 3.15.